The SMILES string of the molecule is O=C(NCC1CCCO1)C1CCN(c2nc3ccccc3s2)CC1. The molecule has 24 heavy (non-hydrogen) atoms. The molecule has 2 aromatic rings. The second kappa shape index (κ2) is 7.07. The normalized spacial score (nSPS) is 22.2. The predicted molar refractivity (Wildman–Crippen MR) is 96.5 cm³/mol. The van der Waals surface area contributed by atoms with Crippen LogP contribution in [0.4, 0.5) is 5.13 Å². The largest absolute Gasteiger partial charge is 0.376 e. The zero-order valence-corrected chi connectivity index (χ0v) is 14.6. The Labute approximate surface area is 146 Å². The van der Waals surface area contributed by atoms with E-state index in [2.05, 4.69) is 28.4 Å². The summed E-state index contributed by atoms with van der Waals surface area (Å²) >= 11 is 1.74. The number of carbonyl (C=O) groups is 1. The van der Waals surface area contributed by atoms with E-state index in [1.54, 1.807) is 11.3 Å². The molecule has 5 nitrogen and oxygen atoms in total. The van der Waals surface area contributed by atoms with Crippen LogP contribution in [-0.2, 0) is 9.53 Å². The fourth-order valence-electron chi connectivity index (χ4n) is 3.49. The van der Waals surface area contributed by atoms with Gasteiger partial charge in [0.1, 0.15) is 0 Å². The molecule has 0 saturated carbocycles. The smallest absolute Gasteiger partial charge is 0.223 e. The first-order valence-electron chi connectivity index (χ1n) is 8.79. The summed E-state index contributed by atoms with van der Waals surface area (Å²) in [5.41, 5.74) is 1.06. The Balaban J connectivity index is 1.30. The number of anilines is 1. The van der Waals surface area contributed by atoms with Crippen LogP contribution in [0.3, 0.4) is 0 Å². The van der Waals surface area contributed by atoms with Gasteiger partial charge in [0.05, 0.1) is 16.3 Å². The van der Waals surface area contributed by atoms with E-state index in [4.69, 9.17) is 9.72 Å². The number of thiazole rings is 1. The highest BCUT2D eigenvalue weighted by molar-refractivity contribution is 7.22. The Hall–Kier alpha value is -1.66. The molecule has 0 spiro atoms. The number of ether oxygens (including phenoxy) is 1. The maximum atomic E-state index is 12.3. The van der Waals surface area contributed by atoms with Crippen molar-refractivity contribution in [3.63, 3.8) is 0 Å². The number of piperidine rings is 1. The molecule has 1 N–H and O–H groups in total. The van der Waals surface area contributed by atoms with Crippen molar-refractivity contribution in [3.05, 3.63) is 24.3 Å². The molecule has 2 aliphatic rings. The lowest BCUT2D eigenvalue weighted by atomic mass is 9.96. The molecule has 2 fully saturated rings. The second-order valence-electron chi connectivity index (χ2n) is 6.61. The Morgan fingerprint density at radius 1 is 1.29 bits per heavy atom. The summed E-state index contributed by atoms with van der Waals surface area (Å²) in [6.45, 7) is 3.30. The average Bonchev–Trinajstić information content (AvgIpc) is 3.29. The van der Waals surface area contributed by atoms with E-state index in [1.165, 1.54) is 4.70 Å². The molecule has 0 aliphatic carbocycles. The Morgan fingerprint density at radius 2 is 2.12 bits per heavy atom. The van der Waals surface area contributed by atoms with E-state index in [9.17, 15) is 4.79 Å². The number of benzene rings is 1. The third kappa shape index (κ3) is 3.39. The molecule has 3 heterocycles. The first-order chi connectivity index (χ1) is 11.8. The molecule has 2 aliphatic heterocycles. The summed E-state index contributed by atoms with van der Waals surface area (Å²) in [5, 5.41) is 4.15. The van der Waals surface area contributed by atoms with Gasteiger partial charge in [-0.1, -0.05) is 23.5 Å². The van der Waals surface area contributed by atoms with E-state index in [0.717, 1.165) is 56.0 Å². The number of hydrogen-bond donors (Lipinski definition) is 1. The van der Waals surface area contributed by atoms with Gasteiger partial charge in [0.25, 0.3) is 0 Å². The second-order valence-corrected chi connectivity index (χ2v) is 7.61. The Bertz CT molecular complexity index is 670. The Kier molecular flexibility index (Phi) is 4.67. The zero-order valence-electron chi connectivity index (χ0n) is 13.7. The minimum Gasteiger partial charge on any atom is -0.376 e. The molecule has 6 heteroatoms. The first-order valence-corrected chi connectivity index (χ1v) is 9.61. The molecular weight excluding hydrogens is 322 g/mol. The molecule has 1 aromatic carbocycles. The number of carbonyl (C=O) groups excluding carboxylic acids is 1. The summed E-state index contributed by atoms with van der Waals surface area (Å²) < 4.78 is 6.79. The van der Waals surface area contributed by atoms with Crippen molar-refractivity contribution in [2.45, 2.75) is 31.8 Å². The lowest BCUT2D eigenvalue weighted by Gasteiger charge is -2.31. The van der Waals surface area contributed by atoms with Crippen LogP contribution in [0, 0.1) is 5.92 Å². The lowest BCUT2D eigenvalue weighted by molar-refractivity contribution is -0.126. The van der Waals surface area contributed by atoms with Gasteiger partial charge in [-0.05, 0) is 37.8 Å². The topological polar surface area (TPSA) is 54.5 Å². The number of aromatic nitrogens is 1. The third-order valence-corrected chi connectivity index (χ3v) is 6.04. The van der Waals surface area contributed by atoms with Gasteiger partial charge in [-0.3, -0.25) is 4.79 Å². The standard InChI is InChI=1S/C18H23N3O2S/c22-17(19-12-14-4-3-11-23-14)13-7-9-21(10-8-13)18-20-15-5-1-2-6-16(15)24-18/h1-2,5-6,13-14H,3-4,7-12H2,(H,19,22). The average molecular weight is 345 g/mol. The number of fused-ring (bicyclic) bond motifs is 1. The van der Waals surface area contributed by atoms with E-state index in [-0.39, 0.29) is 17.9 Å². The van der Waals surface area contributed by atoms with E-state index < -0.39 is 0 Å². The summed E-state index contributed by atoms with van der Waals surface area (Å²) in [7, 11) is 0. The predicted octanol–water partition coefficient (Wildman–Crippen LogP) is 2.81. The van der Waals surface area contributed by atoms with Gasteiger partial charge >= 0.3 is 0 Å². The zero-order chi connectivity index (χ0) is 16.4. The molecule has 1 aromatic heterocycles. The molecule has 1 amide bonds. The maximum Gasteiger partial charge on any atom is 0.223 e. The monoisotopic (exact) mass is 345 g/mol. The highest BCUT2D eigenvalue weighted by Crippen LogP contribution is 2.31. The van der Waals surface area contributed by atoms with Crippen molar-refractivity contribution >= 4 is 32.6 Å². The number of amides is 1. The molecule has 128 valence electrons. The summed E-state index contributed by atoms with van der Waals surface area (Å²) in [4.78, 5) is 19.4. The number of para-hydroxylation sites is 1. The molecule has 0 bridgehead atoms. The maximum absolute atomic E-state index is 12.3. The minimum absolute atomic E-state index is 0.122. The van der Waals surface area contributed by atoms with E-state index in [1.807, 2.05) is 6.07 Å². The molecule has 2 saturated heterocycles. The molecule has 0 radical (unpaired) electrons. The van der Waals surface area contributed by atoms with Gasteiger partial charge in [0.2, 0.25) is 5.91 Å². The van der Waals surface area contributed by atoms with E-state index in [0.29, 0.717) is 6.54 Å². The van der Waals surface area contributed by atoms with Crippen LogP contribution in [0.2, 0.25) is 0 Å². The van der Waals surface area contributed by atoms with Crippen LogP contribution in [0.5, 0.6) is 0 Å². The van der Waals surface area contributed by atoms with Crippen LogP contribution >= 0.6 is 11.3 Å². The summed E-state index contributed by atoms with van der Waals surface area (Å²) in [6, 6.07) is 8.24. The van der Waals surface area contributed by atoms with Gasteiger partial charge < -0.3 is 15.0 Å². The highest BCUT2D eigenvalue weighted by Gasteiger charge is 2.27. The van der Waals surface area contributed by atoms with Crippen LogP contribution in [0.15, 0.2) is 24.3 Å². The Morgan fingerprint density at radius 3 is 2.88 bits per heavy atom. The summed E-state index contributed by atoms with van der Waals surface area (Å²) in [5.74, 6) is 0.312. The molecular formula is C18H23N3O2S. The van der Waals surface area contributed by atoms with Crippen molar-refractivity contribution in [2.75, 3.05) is 31.1 Å². The van der Waals surface area contributed by atoms with E-state index >= 15 is 0 Å². The van der Waals surface area contributed by atoms with Crippen molar-refractivity contribution in [3.8, 4) is 0 Å². The van der Waals surface area contributed by atoms with Gasteiger partial charge in [-0.2, -0.15) is 0 Å². The molecule has 1 unspecified atom stereocenters. The van der Waals surface area contributed by atoms with Crippen LogP contribution in [0.25, 0.3) is 10.2 Å². The fourth-order valence-corrected chi connectivity index (χ4v) is 4.51. The van der Waals surface area contributed by atoms with Gasteiger partial charge in [0, 0.05) is 32.2 Å². The first kappa shape index (κ1) is 15.8. The number of nitrogens with one attached hydrogen (secondary N) is 1. The van der Waals surface area contributed by atoms with Crippen molar-refractivity contribution in [1.82, 2.24) is 10.3 Å². The van der Waals surface area contributed by atoms with Crippen molar-refractivity contribution < 1.29 is 9.53 Å². The van der Waals surface area contributed by atoms with Crippen molar-refractivity contribution in [1.29, 1.82) is 0 Å². The summed E-state index contributed by atoms with van der Waals surface area (Å²) in [6.07, 6.45) is 4.19. The number of rotatable bonds is 4. The van der Waals surface area contributed by atoms with Crippen molar-refractivity contribution in [2.24, 2.45) is 5.92 Å². The van der Waals surface area contributed by atoms with Crippen LogP contribution in [-0.4, -0.2) is 43.2 Å². The van der Waals surface area contributed by atoms with Gasteiger partial charge in [-0.25, -0.2) is 4.98 Å². The molecule has 4 rings (SSSR count). The fraction of sp³-hybridized carbons (Fsp3) is 0.556. The number of nitrogens with zero attached hydrogens (tertiary/aromatic N) is 2. The van der Waals surface area contributed by atoms with Crippen LogP contribution in [0.1, 0.15) is 25.7 Å². The van der Waals surface area contributed by atoms with Gasteiger partial charge in [-0.15, -0.1) is 0 Å². The lowest BCUT2D eigenvalue weighted by Crippen LogP contribution is -2.42. The quantitative estimate of drug-likeness (QED) is 0.926. The number of hydrogen-bond acceptors (Lipinski definition) is 5. The van der Waals surface area contributed by atoms with Crippen LogP contribution < -0.4 is 10.2 Å². The third-order valence-electron chi connectivity index (χ3n) is 4.95. The molecule has 1 atom stereocenters. The highest BCUT2D eigenvalue weighted by atomic mass is 32.1. The minimum atomic E-state index is 0.122. The van der Waals surface area contributed by atoms with Gasteiger partial charge in [0.15, 0.2) is 5.13 Å².